The van der Waals surface area contributed by atoms with Crippen molar-refractivity contribution >= 4 is 5.97 Å². The minimum absolute atomic E-state index is 0.343. The van der Waals surface area contributed by atoms with E-state index >= 15 is 0 Å². The molecule has 2 aromatic rings. The highest BCUT2D eigenvalue weighted by Gasteiger charge is 2.16. The van der Waals surface area contributed by atoms with Gasteiger partial charge in [0.05, 0.1) is 17.9 Å². The van der Waals surface area contributed by atoms with Gasteiger partial charge in [-0.1, -0.05) is 6.07 Å². The Labute approximate surface area is 97.3 Å². The first-order valence-electron chi connectivity index (χ1n) is 5.10. The summed E-state index contributed by atoms with van der Waals surface area (Å²) < 4.78 is 14.6. The average molecular weight is 234 g/mol. The Morgan fingerprint density at radius 1 is 1.53 bits per heavy atom. The molecule has 5 heteroatoms. The first kappa shape index (κ1) is 11.3. The highest BCUT2D eigenvalue weighted by Crippen LogP contribution is 2.16. The van der Waals surface area contributed by atoms with Crippen molar-refractivity contribution in [3.8, 4) is 5.69 Å². The van der Waals surface area contributed by atoms with Crippen LogP contribution in [0.5, 0.6) is 0 Å². The Morgan fingerprint density at radius 3 is 2.94 bits per heavy atom. The summed E-state index contributed by atoms with van der Waals surface area (Å²) in [6.45, 7) is 1.56. The molecule has 1 unspecified atom stereocenters. The number of imidazole rings is 1. The van der Waals surface area contributed by atoms with Crippen molar-refractivity contribution in [3.05, 3.63) is 48.3 Å². The van der Waals surface area contributed by atoms with Crippen molar-refractivity contribution in [2.45, 2.75) is 12.8 Å². The van der Waals surface area contributed by atoms with E-state index in [0.717, 1.165) is 0 Å². The van der Waals surface area contributed by atoms with Crippen LogP contribution in [0.1, 0.15) is 18.5 Å². The molecular weight excluding hydrogens is 223 g/mol. The summed E-state index contributed by atoms with van der Waals surface area (Å²) in [7, 11) is 0. The minimum Gasteiger partial charge on any atom is -0.481 e. The monoisotopic (exact) mass is 234 g/mol. The number of carbonyl (C=O) groups is 1. The average Bonchev–Trinajstić information content (AvgIpc) is 2.77. The third kappa shape index (κ3) is 2.33. The van der Waals surface area contributed by atoms with E-state index in [-0.39, 0.29) is 5.82 Å². The molecule has 0 amide bonds. The summed E-state index contributed by atoms with van der Waals surface area (Å²) in [5, 5.41) is 8.85. The maximum atomic E-state index is 13.0. The second kappa shape index (κ2) is 4.37. The van der Waals surface area contributed by atoms with Gasteiger partial charge in [0.1, 0.15) is 5.82 Å². The Bertz CT molecular complexity index is 551. The van der Waals surface area contributed by atoms with Crippen molar-refractivity contribution in [3.63, 3.8) is 0 Å². The lowest BCUT2D eigenvalue weighted by Crippen LogP contribution is -2.07. The number of carboxylic acids is 1. The Hall–Kier alpha value is -2.17. The van der Waals surface area contributed by atoms with Gasteiger partial charge < -0.3 is 9.67 Å². The molecule has 0 fully saturated rings. The molecule has 2 rings (SSSR count). The largest absolute Gasteiger partial charge is 0.481 e. The summed E-state index contributed by atoms with van der Waals surface area (Å²) in [5.41, 5.74) is 1.06. The molecule has 1 atom stereocenters. The summed E-state index contributed by atoms with van der Waals surface area (Å²) in [4.78, 5) is 14.8. The van der Waals surface area contributed by atoms with Crippen LogP contribution < -0.4 is 0 Å². The predicted molar refractivity (Wildman–Crippen MR) is 59.6 cm³/mol. The second-order valence-corrected chi connectivity index (χ2v) is 3.75. The number of hydrogen-bond donors (Lipinski definition) is 1. The first-order chi connectivity index (χ1) is 8.08. The molecule has 1 heterocycles. The topological polar surface area (TPSA) is 55.1 Å². The van der Waals surface area contributed by atoms with E-state index in [1.807, 2.05) is 0 Å². The zero-order valence-corrected chi connectivity index (χ0v) is 9.17. The number of carboxylic acid groups (broad SMARTS) is 1. The second-order valence-electron chi connectivity index (χ2n) is 3.75. The molecular formula is C12H11FN2O2. The molecule has 1 aromatic carbocycles. The fourth-order valence-electron chi connectivity index (χ4n) is 1.47. The van der Waals surface area contributed by atoms with Crippen LogP contribution in [0.15, 0.2) is 36.8 Å². The molecule has 0 saturated carbocycles. The summed E-state index contributed by atoms with van der Waals surface area (Å²) in [6.07, 6.45) is 3.07. The van der Waals surface area contributed by atoms with Crippen molar-refractivity contribution < 1.29 is 14.3 Å². The van der Waals surface area contributed by atoms with Gasteiger partial charge in [0, 0.05) is 11.9 Å². The molecule has 1 N–H and O–H groups in total. The third-order valence-corrected chi connectivity index (χ3v) is 2.52. The lowest BCUT2D eigenvalue weighted by atomic mass is 10.1. The maximum Gasteiger partial charge on any atom is 0.312 e. The Kier molecular flexibility index (Phi) is 2.91. The van der Waals surface area contributed by atoms with E-state index in [9.17, 15) is 9.18 Å². The number of rotatable bonds is 3. The van der Waals surface area contributed by atoms with Gasteiger partial charge in [-0.05, 0) is 25.1 Å². The summed E-state index contributed by atoms with van der Waals surface area (Å²) in [5.74, 6) is -1.96. The number of aromatic nitrogens is 2. The molecule has 0 spiro atoms. The van der Waals surface area contributed by atoms with Gasteiger partial charge in [-0.3, -0.25) is 4.79 Å². The smallest absolute Gasteiger partial charge is 0.312 e. The molecule has 0 aliphatic rings. The van der Waals surface area contributed by atoms with E-state index in [0.29, 0.717) is 11.4 Å². The van der Waals surface area contributed by atoms with E-state index < -0.39 is 11.9 Å². The van der Waals surface area contributed by atoms with E-state index in [4.69, 9.17) is 5.11 Å². The van der Waals surface area contributed by atoms with Gasteiger partial charge in [-0.2, -0.15) is 0 Å². The highest BCUT2D eigenvalue weighted by molar-refractivity contribution is 5.74. The maximum absolute atomic E-state index is 13.0. The third-order valence-electron chi connectivity index (χ3n) is 2.52. The Morgan fingerprint density at radius 2 is 2.29 bits per heavy atom. The van der Waals surface area contributed by atoms with Crippen LogP contribution in [0.3, 0.4) is 0 Å². The van der Waals surface area contributed by atoms with Crippen molar-refractivity contribution in [1.82, 2.24) is 9.55 Å². The molecule has 0 saturated heterocycles. The fourth-order valence-corrected chi connectivity index (χ4v) is 1.47. The molecule has 0 aliphatic heterocycles. The summed E-state index contributed by atoms with van der Waals surface area (Å²) >= 11 is 0. The van der Waals surface area contributed by atoms with Crippen molar-refractivity contribution in [1.29, 1.82) is 0 Å². The van der Waals surface area contributed by atoms with Crippen molar-refractivity contribution in [2.24, 2.45) is 0 Å². The lowest BCUT2D eigenvalue weighted by Gasteiger charge is -2.02. The quantitative estimate of drug-likeness (QED) is 0.885. The van der Waals surface area contributed by atoms with Crippen LogP contribution in [-0.4, -0.2) is 20.6 Å². The van der Waals surface area contributed by atoms with Crippen LogP contribution in [0.25, 0.3) is 5.69 Å². The number of hydrogen-bond acceptors (Lipinski definition) is 2. The molecule has 0 bridgehead atoms. The van der Waals surface area contributed by atoms with Gasteiger partial charge in [-0.15, -0.1) is 0 Å². The molecule has 0 aliphatic carbocycles. The minimum atomic E-state index is -0.936. The lowest BCUT2D eigenvalue weighted by molar-refractivity contribution is -0.138. The van der Waals surface area contributed by atoms with Crippen LogP contribution in [-0.2, 0) is 4.79 Å². The number of nitrogens with zero attached hydrogens (tertiary/aromatic N) is 2. The van der Waals surface area contributed by atoms with Gasteiger partial charge in [0.2, 0.25) is 0 Å². The molecule has 17 heavy (non-hydrogen) atoms. The van der Waals surface area contributed by atoms with Gasteiger partial charge in [-0.25, -0.2) is 9.37 Å². The molecule has 1 aromatic heterocycles. The van der Waals surface area contributed by atoms with E-state index in [2.05, 4.69) is 4.98 Å². The highest BCUT2D eigenvalue weighted by atomic mass is 19.1. The van der Waals surface area contributed by atoms with E-state index in [1.165, 1.54) is 18.5 Å². The van der Waals surface area contributed by atoms with Gasteiger partial charge >= 0.3 is 5.97 Å². The number of halogens is 1. The predicted octanol–water partition coefficient (Wildman–Crippen LogP) is 2.20. The molecule has 0 radical (unpaired) electrons. The normalized spacial score (nSPS) is 12.4. The van der Waals surface area contributed by atoms with Gasteiger partial charge in [0.25, 0.3) is 0 Å². The molecule has 88 valence electrons. The van der Waals surface area contributed by atoms with Crippen LogP contribution >= 0.6 is 0 Å². The van der Waals surface area contributed by atoms with Crippen LogP contribution in [0, 0.1) is 5.82 Å². The first-order valence-corrected chi connectivity index (χ1v) is 5.10. The zero-order chi connectivity index (χ0) is 12.4. The number of aliphatic carboxylic acids is 1. The number of benzene rings is 1. The Balaban J connectivity index is 2.33. The summed E-state index contributed by atoms with van der Waals surface area (Å²) in [6, 6.07) is 6.02. The van der Waals surface area contributed by atoms with Crippen molar-refractivity contribution in [2.75, 3.05) is 0 Å². The molecule has 4 nitrogen and oxygen atoms in total. The standard InChI is InChI=1S/C12H11FN2O2/c1-8(12(16)17)11-6-15(7-14-11)10-4-2-3-9(13)5-10/h2-8H,1H3,(H,16,17). The van der Waals surface area contributed by atoms with E-state index in [1.54, 1.807) is 29.8 Å². The van der Waals surface area contributed by atoms with Crippen LogP contribution in [0.4, 0.5) is 4.39 Å². The fraction of sp³-hybridized carbons (Fsp3) is 0.167. The SMILES string of the molecule is CC(C(=O)O)c1cn(-c2cccc(F)c2)cn1. The van der Waals surface area contributed by atoms with Gasteiger partial charge in [0.15, 0.2) is 0 Å². The zero-order valence-electron chi connectivity index (χ0n) is 9.17. The van der Waals surface area contributed by atoms with Crippen LogP contribution in [0.2, 0.25) is 0 Å².